The summed E-state index contributed by atoms with van der Waals surface area (Å²) in [7, 11) is 0. The van der Waals surface area contributed by atoms with Crippen LogP contribution in [0, 0.1) is 17.6 Å². The first-order valence-corrected chi connectivity index (χ1v) is 6.19. The van der Waals surface area contributed by atoms with Crippen LogP contribution in [0.4, 0.5) is 8.78 Å². The third-order valence-electron chi connectivity index (χ3n) is 3.16. The molecular weight excluding hydrogens is 238 g/mol. The van der Waals surface area contributed by atoms with Crippen LogP contribution >= 0.6 is 0 Å². The lowest BCUT2D eigenvalue weighted by molar-refractivity contribution is 0.0454. The number of rotatable bonds is 6. The molecule has 98 valence electrons. The van der Waals surface area contributed by atoms with E-state index in [2.05, 4.69) is 0 Å². The summed E-state index contributed by atoms with van der Waals surface area (Å²) in [6.07, 6.45) is 2.73. The fourth-order valence-corrected chi connectivity index (χ4v) is 1.80. The molecule has 18 heavy (non-hydrogen) atoms. The van der Waals surface area contributed by atoms with Gasteiger partial charge < -0.3 is 4.74 Å². The number of ether oxygens (including phenoxy) is 1. The number of benzene rings is 1. The summed E-state index contributed by atoms with van der Waals surface area (Å²) in [5.41, 5.74) is -0.115. The standard InChI is InChI=1S/C14H16F2O2/c1-9(18-7-6-10-2-3-10)14(17)12-5-4-11(15)8-13(12)16/h4-5,8-10H,2-3,6-7H2,1H3. The highest BCUT2D eigenvalue weighted by Crippen LogP contribution is 2.32. The first-order chi connectivity index (χ1) is 8.58. The predicted molar refractivity (Wildman–Crippen MR) is 63.4 cm³/mol. The molecular formula is C14H16F2O2. The van der Waals surface area contributed by atoms with Crippen LogP contribution in [0.1, 0.15) is 36.5 Å². The van der Waals surface area contributed by atoms with Gasteiger partial charge in [0.25, 0.3) is 0 Å². The Morgan fingerprint density at radius 2 is 2.17 bits per heavy atom. The Hall–Kier alpha value is -1.29. The minimum atomic E-state index is -0.836. The molecule has 0 spiro atoms. The molecule has 0 N–H and O–H groups in total. The number of ketones is 1. The molecule has 1 aromatic carbocycles. The van der Waals surface area contributed by atoms with Crippen molar-refractivity contribution < 1.29 is 18.3 Å². The zero-order valence-electron chi connectivity index (χ0n) is 10.3. The molecule has 0 saturated heterocycles. The number of hydrogen-bond acceptors (Lipinski definition) is 2. The van der Waals surface area contributed by atoms with Crippen molar-refractivity contribution >= 4 is 5.78 Å². The molecule has 1 aliphatic carbocycles. The molecule has 0 amide bonds. The van der Waals surface area contributed by atoms with Crippen LogP contribution in [0.25, 0.3) is 0 Å². The molecule has 1 unspecified atom stereocenters. The molecule has 0 heterocycles. The van der Waals surface area contributed by atoms with Gasteiger partial charge in [-0.05, 0) is 31.4 Å². The van der Waals surface area contributed by atoms with Gasteiger partial charge in [0.15, 0.2) is 5.78 Å². The van der Waals surface area contributed by atoms with E-state index >= 15 is 0 Å². The summed E-state index contributed by atoms with van der Waals surface area (Å²) in [5.74, 6) is -1.23. The van der Waals surface area contributed by atoms with Crippen LogP contribution in [-0.2, 0) is 4.74 Å². The molecule has 1 aromatic rings. The summed E-state index contributed by atoms with van der Waals surface area (Å²) in [5, 5.41) is 0. The Morgan fingerprint density at radius 3 is 2.78 bits per heavy atom. The molecule has 0 aliphatic heterocycles. The van der Waals surface area contributed by atoms with Crippen molar-refractivity contribution in [2.24, 2.45) is 5.92 Å². The van der Waals surface area contributed by atoms with E-state index in [0.29, 0.717) is 12.7 Å². The highest BCUT2D eigenvalue weighted by Gasteiger charge is 2.23. The Balaban J connectivity index is 1.91. The second kappa shape index (κ2) is 5.57. The zero-order chi connectivity index (χ0) is 13.1. The van der Waals surface area contributed by atoms with E-state index in [0.717, 1.165) is 24.5 Å². The van der Waals surface area contributed by atoms with Gasteiger partial charge in [-0.15, -0.1) is 0 Å². The highest BCUT2D eigenvalue weighted by atomic mass is 19.1. The maximum atomic E-state index is 13.4. The third-order valence-corrected chi connectivity index (χ3v) is 3.16. The molecule has 1 aliphatic rings. The smallest absolute Gasteiger partial charge is 0.194 e. The van der Waals surface area contributed by atoms with Gasteiger partial charge in [0.2, 0.25) is 0 Å². The van der Waals surface area contributed by atoms with Crippen molar-refractivity contribution in [3.8, 4) is 0 Å². The first-order valence-electron chi connectivity index (χ1n) is 6.19. The quantitative estimate of drug-likeness (QED) is 0.728. The third kappa shape index (κ3) is 3.35. The largest absolute Gasteiger partial charge is 0.370 e. The van der Waals surface area contributed by atoms with Crippen molar-refractivity contribution in [1.29, 1.82) is 0 Å². The van der Waals surface area contributed by atoms with Crippen LogP contribution in [0.3, 0.4) is 0 Å². The van der Waals surface area contributed by atoms with Gasteiger partial charge in [0, 0.05) is 12.7 Å². The van der Waals surface area contributed by atoms with E-state index in [1.165, 1.54) is 12.8 Å². The van der Waals surface area contributed by atoms with Gasteiger partial charge >= 0.3 is 0 Å². The van der Waals surface area contributed by atoms with Crippen molar-refractivity contribution in [2.45, 2.75) is 32.3 Å². The average molecular weight is 254 g/mol. The fourth-order valence-electron chi connectivity index (χ4n) is 1.80. The SMILES string of the molecule is CC(OCCC1CC1)C(=O)c1ccc(F)cc1F. The topological polar surface area (TPSA) is 26.3 Å². The Kier molecular flexibility index (Phi) is 4.07. The van der Waals surface area contributed by atoms with E-state index in [1.807, 2.05) is 0 Å². The lowest BCUT2D eigenvalue weighted by Gasteiger charge is -2.12. The maximum Gasteiger partial charge on any atom is 0.194 e. The van der Waals surface area contributed by atoms with Crippen molar-refractivity contribution in [2.75, 3.05) is 6.61 Å². The predicted octanol–water partition coefficient (Wildman–Crippen LogP) is 3.35. The van der Waals surface area contributed by atoms with Gasteiger partial charge in [-0.3, -0.25) is 4.79 Å². The molecule has 2 rings (SSSR count). The van der Waals surface area contributed by atoms with Gasteiger partial charge in [-0.2, -0.15) is 0 Å². The normalized spacial score (nSPS) is 16.6. The second-order valence-corrected chi connectivity index (χ2v) is 4.73. The van der Waals surface area contributed by atoms with Gasteiger partial charge in [0.05, 0.1) is 5.56 Å². The minimum Gasteiger partial charge on any atom is -0.370 e. The minimum absolute atomic E-state index is 0.115. The Morgan fingerprint density at radius 1 is 1.44 bits per heavy atom. The molecule has 1 saturated carbocycles. The van der Waals surface area contributed by atoms with Crippen LogP contribution in [0.5, 0.6) is 0 Å². The van der Waals surface area contributed by atoms with Crippen LogP contribution in [-0.4, -0.2) is 18.5 Å². The molecule has 0 bridgehead atoms. The average Bonchev–Trinajstić information content (AvgIpc) is 3.12. The molecule has 1 fully saturated rings. The van der Waals surface area contributed by atoms with Crippen molar-refractivity contribution in [3.05, 3.63) is 35.4 Å². The van der Waals surface area contributed by atoms with E-state index in [4.69, 9.17) is 4.74 Å². The lowest BCUT2D eigenvalue weighted by Crippen LogP contribution is -2.22. The van der Waals surface area contributed by atoms with E-state index < -0.39 is 23.5 Å². The summed E-state index contributed by atoms with van der Waals surface area (Å²) < 4.78 is 31.5. The number of halogens is 2. The van der Waals surface area contributed by atoms with Crippen molar-refractivity contribution in [1.82, 2.24) is 0 Å². The summed E-state index contributed by atoms with van der Waals surface area (Å²) in [6, 6.07) is 2.95. The highest BCUT2D eigenvalue weighted by molar-refractivity contribution is 5.99. The number of carbonyl (C=O) groups is 1. The van der Waals surface area contributed by atoms with E-state index in [9.17, 15) is 13.6 Å². The first kappa shape index (κ1) is 13.1. The summed E-state index contributed by atoms with van der Waals surface area (Å²) in [4.78, 5) is 11.9. The molecule has 4 heteroatoms. The molecule has 1 atom stereocenters. The van der Waals surface area contributed by atoms with E-state index in [-0.39, 0.29) is 5.56 Å². The van der Waals surface area contributed by atoms with Crippen LogP contribution in [0.15, 0.2) is 18.2 Å². The second-order valence-electron chi connectivity index (χ2n) is 4.73. The number of Topliss-reactive ketones (excluding diaryl/α,β-unsaturated/α-hetero) is 1. The number of carbonyl (C=O) groups excluding carboxylic acids is 1. The van der Waals surface area contributed by atoms with Crippen LogP contribution < -0.4 is 0 Å². The lowest BCUT2D eigenvalue weighted by atomic mass is 10.1. The summed E-state index contributed by atoms with van der Waals surface area (Å²) in [6.45, 7) is 2.11. The molecule has 2 nitrogen and oxygen atoms in total. The Labute approximate surface area is 105 Å². The van der Waals surface area contributed by atoms with Gasteiger partial charge in [0.1, 0.15) is 17.7 Å². The van der Waals surface area contributed by atoms with Gasteiger partial charge in [-0.1, -0.05) is 12.8 Å². The monoisotopic (exact) mass is 254 g/mol. The van der Waals surface area contributed by atoms with Gasteiger partial charge in [-0.25, -0.2) is 8.78 Å². The fraction of sp³-hybridized carbons (Fsp3) is 0.500. The maximum absolute atomic E-state index is 13.4. The molecule has 0 aromatic heterocycles. The summed E-state index contributed by atoms with van der Waals surface area (Å²) >= 11 is 0. The van der Waals surface area contributed by atoms with E-state index in [1.54, 1.807) is 6.92 Å². The van der Waals surface area contributed by atoms with Crippen molar-refractivity contribution in [3.63, 3.8) is 0 Å². The zero-order valence-corrected chi connectivity index (χ0v) is 10.3. The van der Waals surface area contributed by atoms with Crippen LogP contribution in [0.2, 0.25) is 0 Å². The Bertz CT molecular complexity index is 441. The number of hydrogen-bond donors (Lipinski definition) is 0. The molecule has 0 radical (unpaired) electrons.